The summed E-state index contributed by atoms with van der Waals surface area (Å²) >= 11 is 6.14. The van der Waals surface area contributed by atoms with Gasteiger partial charge in [0.2, 0.25) is 21.8 Å². The van der Waals surface area contributed by atoms with Crippen LogP contribution in [0.1, 0.15) is 12.0 Å². The summed E-state index contributed by atoms with van der Waals surface area (Å²) in [7, 11) is -3.82. The van der Waals surface area contributed by atoms with Crippen molar-refractivity contribution >= 4 is 39.1 Å². The molecule has 8 nitrogen and oxygen atoms in total. The van der Waals surface area contributed by atoms with Crippen molar-refractivity contribution in [3.05, 3.63) is 59.1 Å². The first kappa shape index (κ1) is 23.2. The van der Waals surface area contributed by atoms with Crippen molar-refractivity contribution in [3.63, 3.8) is 0 Å². The molecule has 1 heterocycles. The Labute approximate surface area is 187 Å². The van der Waals surface area contributed by atoms with Gasteiger partial charge in [-0.25, -0.2) is 13.6 Å². The normalized spacial score (nSPS) is 15.0. The van der Waals surface area contributed by atoms with Gasteiger partial charge in [-0.3, -0.25) is 14.5 Å². The Morgan fingerprint density at radius 1 is 1.03 bits per heavy atom. The van der Waals surface area contributed by atoms with Crippen LogP contribution in [0.15, 0.2) is 53.4 Å². The Hall–Kier alpha value is -2.46. The Kier molecular flexibility index (Phi) is 7.66. The van der Waals surface area contributed by atoms with Crippen molar-refractivity contribution in [3.8, 4) is 0 Å². The number of nitrogens with one attached hydrogen (secondary N) is 1. The van der Waals surface area contributed by atoms with Gasteiger partial charge in [0.25, 0.3) is 0 Å². The fourth-order valence-corrected chi connectivity index (χ4v) is 4.13. The molecule has 0 radical (unpaired) electrons. The number of carbonyl (C=O) groups excluding carboxylic acids is 2. The topological polar surface area (TPSA) is 113 Å². The number of sulfonamides is 1. The molecule has 0 spiro atoms. The number of amides is 2. The van der Waals surface area contributed by atoms with Crippen molar-refractivity contribution in [2.24, 2.45) is 5.14 Å². The molecule has 2 aromatic carbocycles. The quantitative estimate of drug-likeness (QED) is 0.647. The van der Waals surface area contributed by atoms with E-state index in [4.69, 9.17) is 16.7 Å². The zero-order chi connectivity index (χ0) is 22.4. The predicted octanol–water partition coefficient (Wildman–Crippen LogP) is 1.70. The third-order valence-electron chi connectivity index (χ3n) is 5.13. The first-order valence-corrected chi connectivity index (χ1v) is 11.8. The van der Waals surface area contributed by atoms with Crippen LogP contribution in [0.5, 0.6) is 0 Å². The van der Waals surface area contributed by atoms with E-state index in [0.29, 0.717) is 43.4 Å². The minimum absolute atomic E-state index is 0.0419. The summed E-state index contributed by atoms with van der Waals surface area (Å²) in [6.45, 7) is 3.11. The van der Waals surface area contributed by atoms with Crippen molar-refractivity contribution in [1.82, 2.24) is 9.80 Å². The molecule has 10 heteroatoms. The van der Waals surface area contributed by atoms with E-state index < -0.39 is 10.0 Å². The maximum absolute atomic E-state index is 12.5. The van der Waals surface area contributed by atoms with Crippen LogP contribution in [0, 0.1) is 0 Å². The lowest BCUT2D eigenvalue weighted by Crippen LogP contribution is -2.49. The summed E-state index contributed by atoms with van der Waals surface area (Å²) in [6, 6.07) is 13.2. The lowest BCUT2D eigenvalue weighted by molar-refractivity contribution is -0.132. The summed E-state index contributed by atoms with van der Waals surface area (Å²) in [4.78, 5) is 28.6. The smallest absolute Gasteiger partial charge is 0.238 e. The second kappa shape index (κ2) is 10.2. The molecule has 0 aliphatic carbocycles. The van der Waals surface area contributed by atoms with E-state index in [1.54, 1.807) is 12.1 Å². The molecule has 3 rings (SSSR count). The monoisotopic (exact) mass is 464 g/mol. The van der Waals surface area contributed by atoms with Crippen LogP contribution in [-0.4, -0.2) is 62.8 Å². The van der Waals surface area contributed by atoms with Gasteiger partial charge >= 0.3 is 0 Å². The van der Waals surface area contributed by atoms with Crippen molar-refractivity contribution in [1.29, 1.82) is 0 Å². The van der Waals surface area contributed by atoms with Gasteiger partial charge in [-0.1, -0.05) is 35.9 Å². The number of nitrogens with zero attached hydrogens (tertiary/aromatic N) is 2. The molecule has 0 bridgehead atoms. The van der Waals surface area contributed by atoms with Crippen LogP contribution in [0.25, 0.3) is 0 Å². The van der Waals surface area contributed by atoms with Gasteiger partial charge in [0, 0.05) is 49.9 Å². The Bertz CT molecular complexity index is 1050. The summed E-state index contributed by atoms with van der Waals surface area (Å²) < 4.78 is 22.8. The maximum atomic E-state index is 12.5. The third-order valence-corrected chi connectivity index (χ3v) is 6.41. The van der Waals surface area contributed by atoms with Crippen molar-refractivity contribution in [2.75, 3.05) is 38.0 Å². The number of benzene rings is 2. The zero-order valence-corrected chi connectivity index (χ0v) is 18.5. The molecule has 2 aromatic rings. The number of primary sulfonamides is 1. The average Bonchev–Trinajstić information content (AvgIpc) is 2.74. The van der Waals surface area contributed by atoms with E-state index >= 15 is 0 Å². The minimum atomic E-state index is -3.82. The van der Waals surface area contributed by atoms with Crippen molar-refractivity contribution < 1.29 is 18.0 Å². The number of hydrogen-bond acceptors (Lipinski definition) is 5. The third kappa shape index (κ3) is 6.76. The van der Waals surface area contributed by atoms with Crippen LogP contribution in [0.2, 0.25) is 5.02 Å². The predicted molar refractivity (Wildman–Crippen MR) is 119 cm³/mol. The second-order valence-corrected chi connectivity index (χ2v) is 9.33. The van der Waals surface area contributed by atoms with Gasteiger partial charge in [0.15, 0.2) is 0 Å². The van der Waals surface area contributed by atoms with Gasteiger partial charge in [0.1, 0.15) is 0 Å². The van der Waals surface area contributed by atoms with Gasteiger partial charge < -0.3 is 10.2 Å². The molecule has 1 fully saturated rings. The molecule has 1 aliphatic rings. The molecular weight excluding hydrogens is 440 g/mol. The van der Waals surface area contributed by atoms with Crippen LogP contribution in [0.3, 0.4) is 0 Å². The minimum Gasteiger partial charge on any atom is -0.340 e. The van der Waals surface area contributed by atoms with E-state index in [2.05, 4.69) is 10.2 Å². The van der Waals surface area contributed by atoms with Gasteiger partial charge in [-0.05, 0) is 29.8 Å². The molecule has 1 aliphatic heterocycles. The highest BCUT2D eigenvalue weighted by atomic mass is 35.5. The largest absolute Gasteiger partial charge is 0.340 e. The maximum Gasteiger partial charge on any atom is 0.238 e. The SMILES string of the molecule is NS(=O)(=O)c1cccc(NC(=O)CCN2CCN(C(=O)Cc3ccccc3Cl)CC2)c1. The molecule has 0 unspecified atom stereocenters. The number of rotatable bonds is 7. The van der Waals surface area contributed by atoms with Crippen LogP contribution < -0.4 is 10.5 Å². The van der Waals surface area contributed by atoms with E-state index in [-0.39, 0.29) is 29.6 Å². The summed E-state index contributed by atoms with van der Waals surface area (Å²) in [5, 5.41) is 8.40. The summed E-state index contributed by atoms with van der Waals surface area (Å²) in [5.74, 6) is -0.177. The number of nitrogens with two attached hydrogens (primary N) is 1. The van der Waals surface area contributed by atoms with Crippen molar-refractivity contribution in [2.45, 2.75) is 17.7 Å². The van der Waals surface area contributed by atoms with Gasteiger partial charge in [-0.15, -0.1) is 0 Å². The van der Waals surface area contributed by atoms with E-state index in [1.807, 2.05) is 23.1 Å². The average molecular weight is 465 g/mol. The first-order valence-electron chi connectivity index (χ1n) is 9.88. The standard InChI is InChI=1S/C21H25ClN4O4S/c22-19-7-2-1-4-16(19)14-21(28)26-12-10-25(11-13-26)9-8-20(27)24-17-5-3-6-18(15-17)31(23,29)30/h1-7,15H,8-14H2,(H,24,27)(H2,23,29,30). The number of hydrogen-bond donors (Lipinski definition) is 2. The molecule has 0 atom stereocenters. The molecule has 1 saturated heterocycles. The highest BCUT2D eigenvalue weighted by Gasteiger charge is 2.22. The van der Waals surface area contributed by atoms with Gasteiger partial charge in [-0.2, -0.15) is 0 Å². The highest BCUT2D eigenvalue weighted by molar-refractivity contribution is 7.89. The molecule has 31 heavy (non-hydrogen) atoms. The molecular formula is C21H25ClN4O4S. The van der Waals surface area contributed by atoms with E-state index in [9.17, 15) is 18.0 Å². The molecule has 3 N–H and O–H groups in total. The second-order valence-electron chi connectivity index (χ2n) is 7.36. The molecule has 0 aromatic heterocycles. The fourth-order valence-electron chi connectivity index (χ4n) is 3.37. The molecule has 0 saturated carbocycles. The zero-order valence-electron chi connectivity index (χ0n) is 17.0. The molecule has 2 amide bonds. The number of halogens is 1. The fraction of sp³-hybridized carbons (Fsp3) is 0.333. The lowest BCUT2D eigenvalue weighted by Gasteiger charge is -2.34. The van der Waals surface area contributed by atoms with E-state index in [1.165, 1.54) is 18.2 Å². The summed E-state index contributed by atoms with van der Waals surface area (Å²) in [5.41, 5.74) is 1.20. The number of anilines is 1. The van der Waals surface area contributed by atoms with Crippen LogP contribution >= 0.6 is 11.6 Å². The molecule has 166 valence electrons. The van der Waals surface area contributed by atoms with E-state index in [0.717, 1.165) is 5.56 Å². The summed E-state index contributed by atoms with van der Waals surface area (Å²) in [6.07, 6.45) is 0.535. The van der Waals surface area contributed by atoms with Gasteiger partial charge in [0.05, 0.1) is 11.3 Å². The van der Waals surface area contributed by atoms with Crippen LogP contribution in [0.4, 0.5) is 5.69 Å². The number of carbonyl (C=O) groups is 2. The number of piperazine rings is 1. The Balaban J connectivity index is 1.42. The highest BCUT2D eigenvalue weighted by Crippen LogP contribution is 2.17. The van der Waals surface area contributed by atoms with Crippen LogP contribution in [-0.2, 0) is 26.0 Å². The Morgan fingerprint density at radius 3 is 2.42 bits per heavy atom. The first-order chi connectivity index (χ1) is 14.7. The Morgan fingerprint density at radius 2 is 1.74 bits per heavy atom. The lowest BCUT2D eigenvalue weighted by atomic mass is 10.1.